The molecule has 0 unspecified atom stereocenters. The second-order valence-electron chi connectivity index (χ2n) is 2.96. The van der Waals surface area contributed by atoms with Crippen LogP contribution in [0, 0.1) is 0 Å². The van der Waals surface area contributed by atoms with Crippen LogP contribution in [-0.2, 0) is 12.3 Å². The van der Waals surface area contributed by atoms with Gasteiger partial charge in [-0.2, -0.15) is 0 Å². The Morgan fingerprint density at radius 3 is 2.77 bits per heavy atom. The molecule has 0 saturated carbocycles. The molecule has 1 aromatic heterocycles. The number of pyridine rings is 1. The van der Waals surface area contributed by atoms with Gasteiger partial charge in [0.1, 0.15) is 0 Å². The van der Waals surface area contributed by atoms with Crippen molar-refractivity contribution in [1.29, 1.82) is 0 Å². The maximum absolute atomic E-state index is 12.8. The molecule has 0 aliphatic rings. The van der Waals surface area contributed by atoms with Gasteiger partial charge in [0.25, 0.3) is 5.92 Å². The van der Waals surface area contributed by atoms with Gasteiger partial charge in [-0.05, 0) is 18.7 Å². The molecule has 1 rings (SSSR count). The molecule has 0 bridgehead atoms. The van der Waals surface area contributed by atoms with Crippen molar-refractivity contribution in [3.63, 3.8) is 0 Å². The van der Waals surface area contributed by atoms with E-state index >= 15 is 0 Å². The topological polar surface area (TPSA) is 38.9 Å². The monoisotopic (exact) mass is 186 g/mol. The number of nitrogens with two attached hydrogens (primary N) is 1. The highest BCUT2D eigenvalue weighted by Crippen LogP contribution is 2.26. The number of halogens is 2. The molecule has 4 heteroatoms. The first kappa shape index (κ1) is 10.1. The molecule has 0 spiro atoms. The molecule has 2 nitrogen and oxygen atoms in total. The predicted octanol–water partition coefficient (Wildman–Crippen LogP) is 1.69. The zero-order chi connectivity index (χ0) is 9.90. The number of aromatic nitrogens is 1. The molecule has 0 amide bonds. The van der Waals surface area contributed by atoms with Crippen LogP contribution in [0.1, 0.15) is 18.2 Å². The van der Waals surface area contributed by atoms with Gasteiger partial charge < -0.3 is 5.73 Å². The molecule has 0 saturated heterocycles. The summed E-state index contributed by atoms with van der Waals surface area (Å²) in [4.78, 5) is 3.93. The van der Waals surface area contributed by atoms with Gasteiger partial charge in [0.2, 0.25) is 0 Å². The number of hydrogen-bond donors (Lipinski definition) is 1. The second-order valence-corrected chi connectivity index (χ2v) is 2.96. The van der Waals surface area contributed by atoms with Gasteiger partial charge in [-0.3, -0.25) is 4.98 Å². The Labute approximate surface area is 75.8 Å². The van der Waals surface area contributed by atoms with Crippen molar-refractivity contribution in [3.05, 3.63) is 29.6 Å². The van der Waals surface area contributed by atoms with Crippen molar-refractivity contribution >= 4 is 0 Å². The van der Waals surface area contributed by atoms with Gasteiger partial charge in [0.05, 0.1) is 0 Å². The van der Waals surface area contributed by atoms with E-state index in [-0.39, 0.29) is 5.56 Å². The van der Waals surface area contributed by atoms with Crippen LogP contribution < -0.4 is 5.73 Å². The van der Waals surface area contributed by atoms with Crippen LogP contribution in [0.3, 0.4) is 0 Å². The first-order valence-electron chi connectivity index (χ1n) is 4.07. The van der Waals surface area contributed by atoms with Gasteiger partial charge in [0, 0.05) is 30.8 Å². The number of alkyl halides is 2. The summed E-state index contributed by atoms with van der Waals surface area (Å²) in [5, 5.41) is 0. The van der Waals surface area contributed by atoms with Crippen molar-refractivity contribution in [2.75, 3.05) is 6.54 Å². The summed E-state index contributed by atoms with van der Waals surface area (Å²) in [6, 6.07) is 2.72. The zero-order valence-corrected chi connectivity index (χ0v) is 7.43. The van der Waals surface area contributed by atoms with Crippen molar-refractivity contribution in [3.8, 4) is 0 Å². The van der Waals surface area contributed by atoms with Crippen molar-refractivity contribution in [2.45, 2.75) is 19.3 Å². The Kier molecular flexibility index (Phi) is 2.93. The molecule has 0 aliphatic heterocycles. The Balaban J connectivity index is 2.92. The van der Waals surface area contributed by atoms with E-state index in [1.807, 2.05) is 0 Å². The SMILES string of the molecule is CC(F)(F)c1ccnc(CCN)c1. The van der Waals surface area contributed by atoms with Crippen LogP contribution >= 0.6 is 0 Å². The molecule has 0 aromatic carbocycles. The van der Waals surface area contributed by atoms with E-state index in [4.69, 9.17) is 5.73 Å². The standard InChI is InChI=1S/C9H12F2N2/c1-9(10,11)7-3-5-13-8(6-7)2-4-12/h3,5-6H,2,4,12H2,1H3. The summed E-state index contributed by atoms with van der Waals surface area (Å²) in [6.45, 7) is 1.29. The molecule has 0 radical (unpaired) electrons. The fraction of sp³-hybridized carbons (Fsp3) is 0.444. The summed E-state index contributed by atoms with van der Waals surface area (Å²) >= 11 is 0. The zero-order valence-electron chi connectivity index (χ0n) is 7.43. The van der Waals surface area contributed by atoms with Gasteiger partial charge >= 0.3 is 0 Å². The van der Waals surface area contributed by atoms with Crippen LogP contribution in [-0.4, -0.2) is 11.5 Å². The minimum atomic E-state index is -2.80. The van der Waals surface area contributed by atoms with E-state index < -0.39 is 5.92 Å². The van der Waals surface area contributed by atoms with E-state index in [0.29, 0.717) is 18.7 Å². The maximum atomic E-state index is 12.8. The van der Waals surface area contributed by atoms with E-state index in [0.717, 1.165) is 6.92 Å². The van der Waals surface area contributed by atoms with E-state index in [1.54, 1.807) is 0 Å². The smallest absolute Gasteiger partial charge is 0.270 e. The van der Waals surface area contributed by atoms with Crippen LogP contribution in [0.2, 0.25) is 0 Å². The van der Waals surface area contributed by atoms with Gasteiger partial charge in [-0.25, -0.2) is 8.78 Å². The Bertz CT molecular complexity index is 281. The van der Waals surface area contributed by atoms with E-state index in [9.17, 15) is 8.78 Å². The van der Waals surface area contributed by atoms with E-state index in [2.05, 4.69) is 4.98 Å². The quantitative estimate of drug-likeness (QED) is 0.780. The first-order valence-corrected chi connectivity index (χ1v) is 4.07. The summed E-state index contributed by atoms with van der Waals surface area (Å²) in [7, 11) is 0. The molecule has 0 aliphatic carbocycles. The van der Waals surface area contributed by atoms with E-state index in [1.165, 1.54) is 18.3 Å². The summed E-state index contributed by atoms with van der Waals surface area (Å²) in [5.41, 5.74) is 5.90. The van der Waals surface area contributed by atoms with Gasteiger partial charge in [-0.1, -0.05) is 0 Å². The molecule has 72 valence electrons. The lowest BCUT2D eigenvalue weighted by Gasteiger charge is -2.10. The average molecular weight is 186 g/mol. The van der Waals surface area contributed by atoms with Crippen LogP contribution in [0.25, 0.3) is 0 Å². The summed E-state index contributed by atoms with van der Waals surface area (Å²) < 4.78 is 25.6. The largest absolute Gasteiger partial charge is 0.330 e. The van der Waals surface area contributed by atoms with Crippen molar-refractivity contribution < 1.29 is 8.78 Å². The van der Waals surface area contributed by atoms with Crippen LogP contribution in [0.5, 0.6) is 0 Å². The Hall–Kier alpha value is -1.03. The predicted molar refractivity (Wildman–Crippen MR) is 46.6 cm³/mol. The molecule has 0 fully saturated rings. The number of nitrogens with zero attached hydrogens (tertiary/aromatic N) is 1. The third-order valence-electron chi connectivity index (χ3n) is 1.72. The first-order chi connectivity index (χ1) is 6.04. The van der Waals surface area contributed by atoms with Gasteiger partial charge in [0.15, 0.2) is 0 Å². The number of hydrogen-bond acceptors (Lipinski definition) is 2. The van der Waals surface area contributed by atoms with Crippen molar-refractivity contribution in [2.24, 2.45) is 5.73 Å². The minimum absolute atomic E-state index is 0.00838. The normalized spacial score (nSPS) is 11.7. The fourth-order valence-electron chi connectivity index (χ4n) is 1.04. The number of rotatable bonds is 3. The Morgan fingerprint density at radius 2 is 2.23 bits per heavy atom. The van der Waals surface area contributed by atoms with Crippen LogP contribution in [0.4, 0.5) is 8.78 Å². The van der Waals surface area contributed by atoms with Gasteiger partial charge in [-0.15, -0.1) is 0 Å². The fourth-order valence-corrected chi connectivity index (χ4v) is 1.04. The highest BCUT2D eigenvalue weighted by atomic mass is 19.3. The third kappa shape index (κ3) is 2.73. The summed E-state index contributed by atoms with van der Waals surface area (Å²) in [5.74, 6) is -2.80. The Morgan fingerprint density at radius 1 is 1.54 bits per heavy atom. The highest BCUT2D eigenvalue weighted by Gasteiger charge is 2.24. The minimum Gasteiger partial charge on any atom is -0.330 e. The highest BCUT2D eigenvalue weighted by molar-refractivity contribution is 5.20. The molecule has 1 aromatic rings. The average Bonchev–Trinajstić information content (AvgIpc) is 2.04. The lowest BCUT2D eigenvalue weighted by Crippen LogP contribution is -2.10. The molecule has 13 heavy (non-hydrogen) atoms. The lowest BCUT2D eigenvalue weighted by atomic mass is 10.1. The van der Waals surface area contributed by atoms with Crippen molar-refractivity contribution in [1.82, 2.24) is 4.98 Å². The maximum Gasteiger partial charge on any atom is 0.270 e. The van der Waals surface area contributed by atoms with Crippen LogP contribution in [0.15, 0.2) is 18.3 Å². The molecule has 1 heterocycles. The molecule has 0 atom stereocenters. The lowest BCUT2D eigenvalue weighted by molar-refractivity contribution is 0.0173. The molecular weight excluding hydrogens is 174 g/mol. The molecular formula is C9H12F2N2. The summed E-state index contributed by atoms with van der Waals surface area (Å²) in [6.07, 6.45) is 1.92. The second kappa shape index (κ2) is 3.79. The molecule has 2 N–H and O–H groups in total. The third-order valence-corrected chi connectivity index (χ3v) is 1.72.